The lowest BCUT2D eigenvalue weighted by Gasteiger charge is -1.97. The molecule has 1 heterocycles. The van der Waals surface area contributed by atoms with Crippen LogP contribution < -0.4 is 5.69 Å². The predicted molar refractivity (Wildman–Crippen MR) is 51.2 cm³/mol. The molecule has 3 nitrogen and oxygen atoms in total. The summed E-state index contributed by atoms with van der Waals surface area (Å²) in [5.74, 6) is -0.418. The molecular formula is C8H6BrFN2O. The largest absolute Gasteiger partial charge is 0.326 e. The van der Waals surface area contributed by atoms with Crippen molar-refractivity contribution in [2.75, 3.05) is 0 Å². The molecular weight excluding hydrogens is 239 g/mol. The standard InChI is InChI=1S/C8H6BrFN2O/c1-12-7-5(11-8(12)13)3-2-4(9)6(7)10/h2-3H,1H3,(H,11,13). The third-order valence-corrected chi connectivity index (χ3v) is 2.56. The second-order valence-corrected chi connectivity index (χ2v) is 3.60. The van der Waals surface area contributed by atoms with Crippen LogP contribution in [0.2, 0.25) is 0 Å². The molecule has 0 bridgehead atoms. The number of aromatic nitrogens is 2. The number of benzene rings is 1. The number of fused-ring (bicyclic) bond motifs is 1. The molecule has 0 radical (unpaired) electrons. The van der Waals surface area contributed by atoms with Gasteiger partial charge in [0.05, 0.1) is 9.99 Å². The number of hydrogen-bond donors (Lipinski definition) is 1. The molecule has 0 aliphatic rings. The van der Waals surface area contributed by atoms with Gasteiger partial charge in [0.2, 0.25) is 0 Å². The van der Waals surface area contributed by atoms with Crippen LogP contribution in [0.15, 0.2) is 21.4 Å². The summed E-state index contributed by atoms with van der Waals surface area (Å²) in [4.78, 5) is 13.7. The molecule has 0 spiro atoms. The van der Waals surface area contributed by atoms with Gasteiger partial charge in [0.15, 0.2) is 5.82 Å². The number of nitrogens with one attached hydrogen (secondary N) is 1. The summed E-state index contributed by atoms with van der Waals surface area (Å²) in [6, 6.07) is 3.22. The van der Waals surface area contributed by atoms with Crippen LogP contribution in [0.4, 0.5) is 4.39 Å². The zero-order chi connectivity index (χ0) is 9.59. The van der Waals surface area contributed by atoms with Crippen molar-refractivity contribution in [1.29, 1.82) is 0 Å². The van der Waals surface area contributed by atoms with Gasteiger partial charge in [-0.1, -0.05) is 0 Å². The maximum atomic E-state index is 13.4. The fraction of sp³-hybridized carbons (Fsp3) is 0.125. The van der Waals surface area contributed by atoms with Crippen LogP contribution in [-0.2, 0) is 7.05 Å². The SMILES string of the molecule is Cn1c(=O)[nH]c2ccc(Br)c(F)c21. The molecule has 2 aromatic rings. The van der Waals surface area contributed by atoms with Crippen LogP contribution in [0.1, 0.15) is 0 Å². The van der Waals surface area contributed by atoms with Gasteiger partial charge in [-0.2, -0.15) is 0 Å². The van der Waals surface area contributed by atoms with E-state index < -0.39 is 5.82 Å². The van der Waals surface area contributed by atoms with Gasteiger partial charge >= 0.3 is 5.69 Å². The number of nitrogens with zero attached hydrogens (tertiary/aromatic N) is 1. The highest BCUT2D eigenvalue weighted by molar-refractivity contribution is 9.10. The van der Waals surface area contributed by atoms with Crippen molar-refractivity contribution >= 4 is 27.0 Å². The van der Waals surface area contributed by atoms with Crippen molar-refractivity contribution < 1.29 is 4.39 Å². The first-order chi connectivity index (χ1) is 6.11. The number of aryl methyl sites for hydroxylation is 1. The first-order valence-electron chi connectivity index (χ1n) is 3.64. The first-order valence-corrected chi connectivity index (χ1v) is 4.43. The summed E-state index contributed by atoms with van der Waals surface area (Å²) in [6.07, 6.45) is 0. The maximum absolute atomic E-state index is 13.4. The summed E-state index contributed by atoms with van der Waals surface area (Å²) in [5.41, 5.74) is 0.486. The van der Waals surface area contributed by atoms with Crippen LogP contribution in [0.25, 0.3) is 11.0 Å². The Morgan fingerprint density at radius 1 is 1.54 bits per heavy atom. The Balaban J connectivity index is 3.05. The Morgan fingerprint density at radius 3 is 2.92 bits per heavy atom. The molecule has 1 N–H and O–H groups in total. The number of rotatable bonds is 0. The predicted octanol–water partition coefficient (Wildman–Crippen LogP) is 1.77. The van der Waals surface area contributed by atoms with Crippen LogP contribution in [0.3, 0.4) is 0 Å². The summed E-state index contributed by atoms with van der Waals surface area (Å²) in [5, 5.41) is 0. The van der Waals surface area contributed by atoms with Crippen LogP contribution >= 0.6 is 15.9 Å². The molecule has 0 aliphatic heterocycles. The fourth-order valence-corrected chi connectivity index (χ4v) is 1.59. The number of aromatic amines is 1. The van der Waals surface area contributed by atoms with Crippen molar-refractivity contribution in [2.24, 2.45) is 7.05 Å². The number of H-pyrrole nitrogens is 1. The summed E-state index contributed by atoms with van der Waals surface area (Å²) in [7, 11) is 1.52. The van der Waals surface area contributed by atoms with E-state index in [2.05, 4.69) is 20.9 Å². The minimum absolute atomic E-state index is 0.291. The third kappa shape index (κ3) is 1.11. The van der Waals surface area contributed by atoms with Gasteiger partial charge in [0.25, 0.3) is 0 Å². The number of hydrogen-bond acceptors (Lipinski definition) is 1. The van der Waals surface area contributed by atoms with E-state index in [4.69, 9.17) is 0 Å². The van der Waals surface area contributed by atoms with Crippen LogP contribution in [0, 0.1) is 5.82 Å². The highest BCUT2D eigenvalue weighted by Crippen LogP contribution is 2.22. The van der Waals surface area contributed by atoms with E-state index in [1.54, 1.807) is 12.1 Å². The third-order valence-electron chi connectivity index (χ3n) is 1.95. The molecule has 13 heavy (non-hydrogen) atoms. The molecule has 2 rings (SSSR count). The molecule has 0 aliphatic carbocycles. The first kappa shape index (κ1) is 8.50. The summed E-state index contributed by atoms with van der Waals surface area (Å²) < 4.78 is 15.0. The number of imidazole rings is 1. The van der Waals surface area contributed by atoms with Crippen LogP contribution in [0.5, 0.6) is 0 Å². The van der Waals surface area contributed by atoms with Crippen LogP contribution in [-0.4, -0.2) is 9.55 Å². The second-order valence-electron chi connectivity index (χ2n) is 2.75. The zero-order valence-electron chi connectivity index (χ0n) is 6.77. The normalized spacial score (nSPS) is 11.0. The minimum Gasteiger partial charge on any atom is -0.305 e. The quantitative estimate of drug-likeness (QED) is 0.754. The van der Waals surface area contributed by atoms with Gasteiger partial charge in [-0.05, 0) is 28.1 Å². The topological polar surface area (TPSA) is 37.8 Å². The molecule has 1 aromatic heterocycles. The number of halogens is 2. The van der Waals surface area contributed by atoms with Gasteiger partial charge in [-0.3, -0.25) is 4.57 Å². The molecule has 0 amide bonds. The molecule has 5 heteroatoms. The lowest BCUT2D eigenvalue weighted by atomic mass is 10.3. The average Bonchev–Trinajstić information content (AvgIpc) is 2.37. The second kappa shape index (κ2) is 2.70. The Bertz CT molecular complexity index is 529. The Labute approximate surface area is 81.3 Å². The maximum Gasteiger partial charge on any atom is 0.326 e. The van der Waals surface area contributed by atoms with Crippen molar-refractivity contribution in [3.63, 3.8) is 0 Å². The van der Waals surface area contributed by atoms with Gasteiger partial charge in [-0.25, -0.2) is 9.18 Å². The Hall–Kier alpha value is -1.10. The summed E-state index contributed by atoms with van der Waals surface area (Å²) >= 11 is 3.06. The lowest BCUT2D eigenvalue weighted by molar-refractivity contribution is 0.624. The highest BCUT2D eigenvalue weighted by atomic mass is 79.9. The Morgan fingerprint density at radius 2 is 2.23 bits per heavy atom. The molecule has 0 saturated carbocycles. The van der Waals surface area contributed by atoms with E-state index >= 15 is 0 Å². The van der Waals surface area contributed by atoms with Gasteiger partial charge in [0, 0.05) is 7.05 Å². The van der Waals surface area contributed by atoms with Crippen molar-refractivity contribution in [3.05, 3.63) is 32.9 Å². The van der Waals surface area contributed by atoms with E-state index in [1.807, 2.05) is 0 Å². The van der Waals surface area contributed by atoms with Gasteiger partial charge in [0.1, 0.15) is 5.52 Å². The Kier molecular flexibility index (Phi) is 1.76. The molecule has 0 fully saturated rings. The van der Waals surface area contributed by atoms with E-state index in [0.717, 1.165) is 0 Å². The van der Waals surface area contributed by atoms with Gasteiger partial charge < -0.3 is 4.98 Å². The highest BCUT2D eigenvalue weighted by Gasteiger charge is 2.10. The molecule has 0 atom stereocenters. The lowest BCUT2D eigenvalue weighted by Crippen LogP contribution is -2.12. The molecule has 1 aromatic carbocycles. The molecule has 0 saturated heterocycles. The molecule has 0 unspecified atom stereocenters. The van der Waals surface area contributed by atoms with E-state index in [-0.39, 0.29) is 5.69 Å². The van der Waals surface area contributed by atoms with Crippen molar-refractivity contribution in [2.45, 2.75) is 0 Å². The average molecular weight is 245 g/mol. The van der Waals surface area contributed by atoms with Crippen molar-refractivity contribution in [1.82, 2.24) is 9.55 Å². The van der Waals surface area contributed by atoms with E-state index in [9.17, 15) is 9.18 Å². The van der Waals surface area contributed by atoms with E-state index in [0.29, 0.717) is 15.5 Å². The fourth-order valence-electron chi connectivity index (χ4n) is 1.27. The zero-order valence-corrected chi connectivity index (χ0v) is 8.35. The van der Waals surface area contributed by atoms with E-state index in [1.165, 1.54) is 11.6 Å². The van der Waals surface area contributed by atoms with Crippen molar-refractivity contribution in [3.8, 4) is 0 Å². The smallest absolute Gasteiger partial charge is 0.305 e. The minimum atomic E-state index is -0.418. The van der Waals surface area contributed by atoms with Gasteiger partial charge in [-0.15, -0.1) is 0 Å². The monoisotopic (exact) mass is 244 g/mol. The summed E-state index contributed by atoms with van der Waals surface area (Å²) in [6.45, 7) is 0. The molecule has 68 valence electrons.